The fraction of sp³-hybridized carbons (Fsp3) is 0.562. The number of nitrogens with zero attached hydrogens (tertiary/aromatic N) is 1. The fourth-order valence-corrected chi connectivity index (χ4v) is 2.33. The van der Waals surface area contributed by atoms with Gasteiger partial charge in [0.25, 0.3) is 0 Å². The second-order valence-electron chi connectivity index (χ2n) is 5.82. The summed E-state index contributed by atoms with van der Waals surface area (Å²) < 4.78 is 13.1. The van der Waals surface area contributed by atoms with Gasteiger partial charge in [-0.25, -0.2) is 4.39 Å². The number of hydrogen-bond donors (Lipinski definition) is 1. The van der Waals surface area contributed by atoms with Crippen LogP contribution in [-0.2, 0) is 11.3 Å². The molecule has 0 saturated heterocycles. The van der Waals surface area contributed by atoms with Crippen LogP contribution in [0.3, 0.4) is 0 Å². The molecule has 0 aromatic heterocycles. The number of carbonyl (C=O) groups is 1. The van der Waals surface area contributed by atoms with E-state index in [1.54, 1.807) is 18.0 Å². The zero-order chi connectivity index (χ0) is 15.1. The summed E-state index contributed by atoms with van der Waals surface area (Å²) in [6.07, 6.45) is 1.41. The molecule has 1 aromatic rings. The van der Waals surface area contributed by atoms with Crippen LogP contribution < -0.4 is 5.73 Å². The van der Waals surface area contributed by atoms with E-state index in [1.807, 2.05) is 6.07 Å². The number of carbonyl (C=O) groups excluding carboxylic acids is 1. The predicted molar refractivity (Wildman–Crippen MR) is 79.5 cm³/mol. The molecule has 1 aromatic carbocycles. The van der Waals surface area contributed by atoms with Gasteiger partial charge in [-0.3, -0.25) is 4.79 Å². The normalized spacial score (nSPS) is 12.5. The van der Waals surface area contributed by atoms with Crippen molar-refractivity contribution in [3.63, 3.8) is 0 Å². The lowest BCUT2D eigenvalue weighted by Crippen LogP contribution is -2.30. The number of halogens is 1. The van der Waals surface area contributed by atoms with E-state index in [2.05, 4.69) is 13.8 Å². The largest absolute Gasteiger partial charge is 0.341 e. The first-order valence-electron chi connectivity index (χ1n) is 7.10. The van der Waals surface area contributed by atoms with Gasteiger partial charge in [-0.15, -0.1) is 0 Å². The van der Waals surface area contributed by atoms with Gasteiger partial charge in [0.15, 0.2) is 0 Å². The number of amides is 1. The number of nitrogens with two attached hydrogens (primary N) is 1. The van der Waals surface area contributed by atoms with E-state index in [0.717, 1.165) is 12.0 Å². The third-order valence-electron chi connectivity index (χ3n) is 3.34. The number of hydrogen-bond acceptors (Lipinski definition) is 2. The van der Waals surface area contributed by atoms with E-state index in [9.17, 15) is 9.18 Å². The lowest BCUT2D eigenvalue weighted by atomic mass is 9.94. The van der Waals surface area contributed by atoms with Crippen LogP contribution in [0.25, 0.3) is 0 Å². The molecule has 0 bridgehead atoms. The van der Waals surface area contributed by atoms with Crippen LogP contribution in [-0.4, -0.2) is 24.4 Å². The van der Waals surface area contributed by atoms with Crippen LogP contribution in [0, 0.1) is 17.7 Å². The molecule has 0 heterocycles. The Hall–Kier alpha value is -1.42. The molecule has 1 rings (SSSR count). The summed E-state index contributed by atoms with van der Waals surface area (Å²) in [6, 6.07) is 6.34. The minimum atomic E-state index is -0.275. The molecule has 0 radical (unpaired) electrons. The van der Waals surface area contributed by atoms with Crippen LogP contribution in [0.1, 0.15) is 32.3 Å². The van der Waals surface area contributed by atoms with Gasteiger partial charge in [0.1, 0.15) is 5.82 Å². The predicted octanol–water partition coefficient (Wildman–Crippen LogP) is 2.80. The van der Waals surface area contributed by atoms with E-state index in [1.165, 1.54) is 12.1 Å². The van der Waals surface area contributed by atoms with Crippen LogP contribution in [0.15, 0.2) is 24.3 Å². The van der Waals surface area contributed by atoms with E-state index in [-0.39, 0.29) is 17.6 Å². The quantitative estimate of drug-likeness (QED) is 0.835. The van der Waals surface area contributed by atoms with Crippen molar-refractivity contribution in [2.45, 2.75) is 33.2 Å². The maximum absolute atomic E-state index is 13.1. The first-order valence-corrected chi connectivity index (χ1v) is 7.10. The molecule has 20 heavy (non-hydrogen) atoms. The Balaban J connectivity index is 2.54. The van der Waals surface area contributed by atoms with E-state index >= 15 is 0 Å². The van der Waals surface area contributed by atoms with Gasteiger partial charge in [0.2, 0.25) is 5.91 Å². The van der Waals surface area contributed by atoms with Crippen molar-refractivity contribution in [2.24, 2.45) is 17.6 Å². The Kier molecular flexibility index (Phi) is 6.65. The molecular formula is C16H25FN2O. The van der Waals surface area contributed by atoms with Gasteiger partial charge in [-0.2, -0.15) is 0 Å². The van der Waals surface area contributed by atoms with Gasteiger partial charge in [-0.05, 0) is 42.5 Å². The van der Waals surface area contributed by atoms with Crippen molar-refractivity contribution >= 4 is 5.91 Å². The fourth-order valence-electron chi connectivity index (χ4n) is 2.33. The van der Waals surface area contributed by atoms with Crippen molar-refractivity contribution < 1.29 is 9.18 Å². The SMILES string of the molecule is CC(C)C[C@H](CN)CC(=O)N(C)Cc1cccc(F)c1. The molecule has 0 fully saturated rings. The zero-order valence-electron chi connectivity index (χ0n) is 12.6. The Labute approximate surface area is 121 Å². The Morgan fingerprint density at radius 1 is 1.40 bits per heavy atom. The third-order valence-corrected chi connectivity index (χ3v) is 3.34. The molecule has 4 heteroatoms. The Morgan fingerprint density at radius 3 is 2.65 bits per heavy atom. The highest BCUT2D eigenvalue weighted by atomic mass is 19.1. The standard InChI is InChI=1S/C16H25FN2O/c1-12(2)7-14(10-18)9-16(20)19(3)11-13-5-4-6-15(17)8-13/h4-6,8,12,14H,7,9-11,18H2,1-3H3/t14-/m0/s1. The zero-order valence-corrected chi connectivity index (χ0v) is 12.6. The highest BCUT2D eigenvalue weighted by Crippen LogP contribution is 2.16. The molecule has 0 spiro atoms. The summed E-state index contributed by atoms with van der Waals surface area (Å²) in [7, 11) is 1.75. The number of benzene rings is 1. The average molecular weight is 280 g/mol. The van der Waals surface area contributed by atoms with Crippen LogP contribution >= 0.6 is 0 Å². The highest BCUT2D eigenvalue weighted by Gasteiger charge is 2.17. The molecule has 3 nitrogen and oxygen atoms in total. The van der Waals surface area contributed by atoms with Crippen molar-refractivity contribution in [1.82, 2.24) is 4.90 Å². The lowest BCUT2D eigenvalue weighted by molar-refractivity contribution is -0.131. The van der Waals surface area contributed by atoms with Crippen molar-refractivity contribution in [2.75, 3.05) is 13.6 Å². The van der Waals surface area contributed by atoms with E-state index < -0.39 is 0 Å². The Morgan fingerprint density at radius 2 is 2.10 bits per heavy atom. The summed E-state index contributed by atoms with van der Waals surface area (Å²) in [6.45, 7) is 5.21. The van der Waals surface area contributed by atoms with Crippen molar-refractivity contribution in [3.8, 4) is 0 Å². The summed E-state index contributed by atoms with van der Waals surface area (Å²) in [5, 5.41) is 0. The molecule has 1 amide bonds. The molecule has 0 aliphatic carbocycles. The lowest BCUT2D eigenvalue weighted by Gasteiger charge is -2.22. The maximum atomic E-state index is 13.1. The highest BCUT2D eigenvalue weighted by molar-refractivity contribution is 5.76. The van der Waals surface area contributed by atoms with Crippen LogP contribution in [0.5, 0.6) is 0 Å². The van der Waals surface area contributed by atoms with E-state index in [0.29, 0.717) is 25.4 Å². The average Bonchev–Trinajstić information content (AvgIpc) is 2.37. The monoisotopic (exact) mass is 280 g/mol. The molecule has 112 valence electrons. The first kappa shape index (κ1) is 16.6. The van der Waals surface area contributed by atoms with E-state index in [4.69, 9.17) is 5.73 Å². The summed E-state index contributed by atoms with van der Waals surface area (Å²) >= 11 is 0. The van der Waals surface area contributed by atoms with Crippen LogP contribution in [0.4, 0.5) is 4.39 Å². The summed E-state index contributed by atoms with van der Waals surface area (Å²) in [5.74, 6) is 0.538. The molecular weight excluding hydrogens is 255 g/mol. The minimum Gasteiger partial charge on any atom is -0.341 e. The Bertz CT molecular complexity index is 434. The summed E-state index contributed by atoms with van der Waals surface area (Å²) in [4.78, 5) is 13.8. The minimum absolute atomic E-state index is 0.0605. The number of rotatable bonds is 7. The topological polar surface area (TPSA) is 46.3 Å². The second kappa shape index (κ2) is 8.00. The second-order valence-corrected chi connectivity index (χ2v) is 5.82. The maximum Gasteiger partial charge on any atom is 0.222 e. The van der Waals surface area contributed by atoms with Gasteiger partial charge in [0.05, 0.1) is 0 Å². The molecule has 0 aliphatic rings. The molecule has 2 N–H and O–H groups in total. The smallest absolute Gasteiger partial charge is 0.222 e. The third kappa shape index (κ3) is 5.70. The summed E-state index contributed by atoms with van der Waals surface area (Å²) in [5.41, 5.74) is 6.52. The molecule has 0 aliphatic heterocycles. The molecule has 0 unspecified atom stereocenters. The van der Waals surface area contributed by atoms with Gasteiger partial charge in [-0.1, -0.05) is 26.0 Å². The van der Waals surface area contributed by atoms with Crippen LogP contribution in [0.2, 0.25) is 0 Å². The molecule has 0 saturated carbocycles. The van der Waals surface area contributed by atoms with Crippen molar-refractivity contribution in [1.29, 1.82) is 0 Å². The van der Waals surface area contributed by atoms with Gasteiger partial charge < -0.3 is 10.6 Å². The van der Waals surface area contributed by atoms with Gasteiger partial charge >= 0.3 is 0 Å². The molecule has 1 atom stereocenters. The van der Waals surface area contributed by atoms with Gasteiger partial charge in [0, 0.05) is 20.0 Å². The first-order chi connectivity index (χ1) is 9.42. The van der Waals surface area contributed by atoms with Crippen molar-refractivity contribution in [3.05, 3.63) is 35.6 Å².